The molecule has 2 N–H and O–H groups in total. The normalized spacial score (nSPS) is 24.9. The van der Waals surface area contributed by atoms with E-state index in [0.29, 0.717) is 6.04 Å². The number of aliphatic hydroxyl groups excluding tert-OH is 1. The van der Waals surface area contributed by atoms with Crippen molar-refractivity contribution in [1.82, 2.24) is 10.2 Å². The molecule has 4 nitrogen and oxygen atoms in total. The highest BCUT2D eigenvalue weighted by atomic mass is 16.5. The van der Waals surface area contributed by atoms with Gasteiger partial charge in [0.25, 0.3) is 0 Å². The van der Waals surface area contributed by atoms with Crippen molar-refractivity contribution in [3.8, 4) is 0 Å². The van der Waals surface area contributed by atoms with Gasteiger partial charge in [-0.15, -0.1) is 0 Å². The van der Waals surface area contributed by atoms with Crippen molar-refractivity contribution in [2.75, 3.05) is 39.9 Å². The van der Waals surface area contributed by atoms with Crippen LogP contribution in [0.3, 0.4) is 0 Å². The van der Waals surface area contributed by atoms with Gasteiger partial charge in [0.05, 0.1) is 12.7 Å². The van der Waals surface area contributed by atoms with Crippen molar-refractivity contribution in [3.63, 3.8) is 0 Å². The Labute approximate surface area is 105 Å². The molecule has 0 saturated carbocycles. The summed E-state index contributed by atoms with van der Waals surface area (Å²) < 4.78 is 5.72. The summed E-state index contributed by atoms with van der Waals surface area (Å²) in [6.07, 6.45) is 1.07. The standard InChI is InChI=1S/C13H28N2O2/c1-13(2,3)12(5-7-16)14-9-11-10-15(4)6-8-17-11/h11-12,14,16H,5-10H2,1-4H3. The van der Waals surface area contributed by atoms with Crippen molar-refractivity contribution >= 4 is 0 Å². The minimum atomic E-state index is 0.170. The third-order valence-corrected chi connectivity index (χ3v) is 3.40. The largest absolute Gasteiger partial charge is 0.396 e. The van der Waals surface area contributed by atoms with Gasteiger partial charge in [-0.2, -0.15) is 0 Å². The fraction of sp³-hybridized carbons (Fsp3) is 1.00. The van der Waals surface area contributed by atoms with E-state index in [4.69, 9.17) is 9.84 Å². The maximum atomic E-state index is 9.10. The zero-order valence-electron chi connectivity index (χ0n) is 11.7. The molecule has 102 valence electrons. The third-order valence-electron chi connectivity index (χ3n) is 3.40. The molecule has 0 aliphatic carbocycles. The van der Waals surface area contributed by atoms with Gasteiger partial charge in [0.1, 0.15) is 0 Å². The summed E-state index contributed by atoms with van der Waals surface area (Å²) in [7, 11) is 2.13. The molecule has 17 heavy (non-hydrogen) atoms. The third kappa shape index (κ3) is 5.34. The van der Waals surface area contributed by atoms with E-state index in [1.807, 2.05) is 0 Å². The van der Waals surface area contributed by atoms with Crippen LogP contribution >= 0.6 is 0 Å². The molecule has 1 fully saturated rings. The van der Waals surface area contributed by atoms with Gasteiger partial charge in [0.15, 0.2) is 0 Å². The number of nitrogens with zero attached hydrogens (tertiary/aromatic N) is 1. The smallest absolute Gasteiger partial charge is 0.0826 e. The van der Waals surface area contributed by atoms with Crippen LogP contribution in [0, 0.1) is 5.41 Å². The summed E-state index contributed by atoms with van der Waals surface area (Å²) in [4.78, 5) is 2.30. The fourth-order valence-electron chi connectivity index (χ4n) is 2.23. The van der Waals surface area contributed by atoms with E-state index in [1.165, 1.54) is 0 Å². The number of hydrogen-bond donors (Lipinski definition) is 2. The van der Waals surface area contributed by atoms with Gasteiger partial charge in [0.2, 0.25) is 0 Å². The molecule has 1 aliphatic heterocycles. The van der Waals surface area contributed by atoms with Gasteiger partial charge >= 0.3 is 0 Å². The number of ether oxygens (including phenoxy) is 1. The van der Waals surface area contributed by atoms with Crippen molar-refractivity contribution in [2.24, 2.45) is 5.41 Å². The van der Waals surface area contributed by atoms with Crippen LogP contribution in [-0.4, -0.2) is 62.0 Å². The van der Waals surface area contributed by atoms with Crippen LogP contribution in [0.5, 0.6) is 0 Å². The Kier molecular flexibility index (Phi) is 5.86. The molecule has 1 heterocycles. The van der Waals surface area contributed by atoms with Gasteiger partial charge in [-0.25, -0.2) is 0 Å². The minimum absolute atomic E-state index is 0.170. The lowest BCUT2D eigenvalue weighted by Crippen LogP contribution is -2.49. The van der Waals surface area contributed by atoms with Crippen LogP contribution in [0.15, 0.2) is 0 Å². The van der Waals surface area contributed by atoms with Gasteiger partial charge in [-0.3, -0.25) is 0 Å². The summed E-state index contributed by atoms with van der Waals surface area (Å²) in [5, 5.41) is 12.6. The molecule has 1 rings (SSSR count). The first-order valence-electron chi connectivity index (χ1n) is 6.58. The average Bonchev–Trinajstić information content (AvgIpc) is 2.22. The molecule has 0 radical (unpaired) electrons. The second-order valence-corrected chi connectivity index (χ2v) is 6.09. The molecule has 1 aliphatic rings. The number of hydrogen-bond acceptors (Lipinski definition) is 4. The number of nitrogens with one attached hydrogen (secondary N) is 1. The summed E-state index contributed by atoms with van der Waals surface area (Å²) in [5.41, 5.74) is 0.170. The van der Waals surface area contributed by atoms with Gasteiger partial charge in [-0.05, 0) is 18.9 Å². The Morgan fingerprint density at radius 3 is 2.71 bits per heavy atom. The lowest BCUT2D eigenvalue weighted by atomic mass is 9.85. The first kappa shape index (κ1) is 14.9. The Balaban J connectivity index is 2.35. The summed E-state index contributed by atoms with van der Waals surface area (Å²) >= 11 is 0. The van der Waals surface area contributed by atoms with Crippen LogP contribution in [0.25, 0.3) is 0 Å². The van der Waals surface area contributed by atoms with E-state index in [2.05, 4.69) is 38.0 Å². The molecule has 1 saturated heterocycles. The van der Waals surface area contributed by atoms with E-state index in [0.717, 1.165) is 32.7 Å². The highest BCUT2D eigenvalue weighted by Gasteiger charge is 2.25. The second kappa shape index (κ2) is 6.69. The lowest BCUT2D eigenvalue weighted by molar-refractivity contribution is -0.0214. The van der Waals surface area contributed by atoms with Crippen LogP contribution in [0.2, 0.25) is 0 Å². The predicted molar refractivity (Wildman–Crippen MR) is 70.2 cm³/mol. The van der Waals surface area contributed by atoms with Crippen LogP contribution in [0.4, 0.5) is 0 Å². The van der Waals surface area contributed by atoms with Crippen molar-refractivity contribution in [3.05, 3.63) is 0 Å². The summed E-state index contributed by atoms with van der Waals surface area (Å²) in [6, 6.07) is 0.336. The Morgan fingerprint density at radius 1 is 1.47 bits per heavy atom. The molecule has 0 bridgehead atoms. The van der Waals surface area contributed by atoms with E-state index < -0.39 is 0 Å². The van der Waals surface area contributed by atoms with Crippen LogP contribution < -0.4 is 5.32 Å². The molecule has 2 atom stereocenters. The van der Waals surface area contributed by atoms with E-state index in [-0.39, 0.29) is 18.1 Å². The highest BCUT2D eigenvalue weighted by molar-refractivity contribution is 4.82. The molecule has 0 amide bonds. The second-order valence-electron chi connectivity index (χ2n) is 6.09. The van der Waals surface area contributed by atoms with Gasteiger partial charge in [0, 0.05) is 32.3 Å². The molecular formula is C13H28N2O2. The Bertz CT molecular complexity index is 216. The Hall–Kier alpha value is -0.160. The lowest BCUT2D eigenvalue weighted by Gasteiger charge is -2.35. The zero-order chi connectivity index (χ0) is 12.9. The monoisotopic (exact) mass is 244 g/mol. The fourth-order valence-corrected chi connectivity index (χ4v) is 2.23. The molecule has 4 heteroatoms. The van der Waals surface area contributed by atoms with Crippen LogP contribution in [-0.2, 0) is 4.74 Å². The average molecular weight is 244 g/mol. The SMILES string of the molecule is CN1CCOC(CNC(CCO)C(C)(C)C)C1. The number of rotatable bonds is 5. The maximum Gasteiger partial charge on any atom is 0.0826 e. The minimum Gasteiger partial charge on any atom is -0.396 e. The summed E-state index contributed by atoms with van der Waals surface area (Å²) in [5.74, 6) is 0. The van der Waals surface area contributed by atoms with E-state index in [1.54, 1.807) is 0 Å². The quantitative estimate of drug-likeness (QED) is 0.747. The predicted octanol–water partition coefficient (Wildman–Crippen LogP) is 0.704. The number of aliphatic hydroxyl groups is 1. The Morgan fingerprint density at radius 2 is 2.18 bits per heavy atom. The van der Waals surface area contributed by atoms with E-state index in [9.17, 15) is 0 Å². The van der Waals surface area contributed by atoms with E-state index >= 15 is 0 Å². The molecule has 0 aromatic carbocycles. The zero-order valence-corrected chi connectivity index (χ0v) is 11.7. The molecule has 0 spiro atoms. The maximum absolute atomic E-state index is 9.10. The first-order valence-corrected chi connectivity index (χ1v) is 6.58. The summed E-state index contributed by atoms with van der Waals surface area (Å²) in [6.45, 7) is 10.5. The van der Waals surface area contributed by atoms with Crippen molar-refractivity contribution in [1.29, 1.82) is 0 Å². The van der Waals surface area contributed by atoms with Gasteiger partial charge in [-0.1, -0.05) is 20.8 Å². The topological polar surface area (TPSA) is 44.7 Å². The highest BCUT2D eigenvalue weighted by Crippen LogP contribution is 2.21. The van der Waals surface area contributed by atoms with Crippen LogP contribution in [0.1, 0.15) is 27.2 Å². The molecule has 0 aromatic rings. The molecule has 2 unspecified atom stereocenters. The molecule has 0 aromatic heterocycles. The van der Waals surface area contributed by atoms with Crippen molar-refractivity contribution < 1.29 is 9.84 Å². The van der Waals surface area contributed by atoms with Crippen molar-refractivity contribution in [2.45, 2.75) is 39.3 Å². The van der Waals surface area contributed by atoms with Gasteiger partial charge < -0.3 is 20.1 Å². The number of likely N-dealkylation sites (N-methyl/N-ethyl adjacent to an activating group) is 1. The molecular weight excluding hydrogens is 216 g/mol. The number of morpholine rings is 1. The first-order chi connectivity index (χ1) is 7.93.